The molecule has 1 aromatic heterocycles. The number of rotatable bonds is 7. The van der Waals surface area contributed by atoms with Crippen LogP contribution in [0.15, 0.2) is 30.0 Å². The first-order valence-corrected chi connectivity index (χ1v) is 6.94. The zero-order chi connectivity index (χ0) is 15.7. The van der Waals surface area contributed by atoms with Gasteiger partial charge in [0.1, 0.15) is 0 Å². The summed E-state index contributed by atoms with van der Waals surface area (Å²) in [4.78, 5) is 26.6. The molecule has 0 unspecified atom stereocenters. The molecule has 3 N–H and O–H groups in total. The van der Waals surface area contributed by atoms with Crippen molar-refractivity contribution in [1.29, 1.82) is 0 Å². The molecule has 114 valence electrons. The Labute approximate surface area is 128 Å². The van der Waals surface area contributed by atoms with Gasteiger partial charge in [-0.05, 0) is 38.3 Å². The van der Waals surface area contributed by atoms with E-state index in [1.54, 1.807) is 36.8 Å². The first-order valence-electron chi connectivity index (χ1n) is 6.56. The zero-order valence-electron chi connectivity index (χ0n) is 11.7. The van der Waals surface area contributed by atoms with Gasteiger partial charge >= 0.3 is 0 Å². The summed E-state index contributed by atoms with van der Waals surface area (Å²) in [6, 6.07) is 3.36. The highest BCUT2D eigenvalue weighted by molar-refractivity contribution is 6.32. The fourth-order valence-corrected chi connectivity index (χ4v) is 1.76. The molecular formula is C14H18ClN3O3. The molecule has 0 bridgehead atoms. The number of nitrogens with one attached hydrogen (secondary N) is 2. The number of hydrogen-bond donors (Lipinski definition) is 3. The standard InChI is InChI=1S/C14H18ClN3O3/c1-10(6-3-2-4-8-12(19)18-21)14(20)17-11-7-5-9-16-13(11)15/h5-7,9,21H,2-4,8H2,1H3,(H,17,20)(H,18,19)/b10-6+. The number of carbonyl (C=O) groups excluding carboxylic acids is 2. The molecule has 0 aliphatic rings. The van der Waals surface area contributed by atoms with Gasteiger partial charge in [0.15, 0.2) is 5.15 Å². The molecule has 0 aromatic carbocycles. The van der Waals surface area contributed by atoms with Gasteiger partial charge in [-0.1, -0.05) is 17.7 Å². The summed E-state index contributed by atoms with van der Waals surface area (Å²) in [5.41, 5.74) is 2.62. The van der Waals surface area contributed by atoms with Crippen molar-refractivity contribution >= 4 is 29.1 Å². The summed E-state index contributed by atoms with van der Waals surface area (Å²) in [6.45, 7) is 1.71. The lowest BCUT2D eigenvalue weighted by Gasteiger charge is -2.06. The maximum absolute atomic E-state index is 11.9. The molecule has 1 aromatic rings. The van der Waals surface area contributed by atoms with Crippen molar-refractivity contribution in [3.05, 3.63) is 35.1 Å². The largest absolute Gasteiger partial charge is 0.320 e. The van der Waals surface area contributed by atoms with Crippen molar-refractivity contribution in [3.8, 4) is 0 Å². The van der Waals surface area contributed by atoms with Crippen molar-refractivity contribution in [3.63, 3.8) is 0 Å². The molecule has 0 radical (unpaired) electrons. The molecule has 0 aliphatic carbocycles. The van der Waals surface area contributed by atoms with E-state index in [2.05, 4.69) is 10.3 Å². The van der Waals surface area contributed by atoms with Crippen molar-refractivity contribution in [2.24, 2.45) is 0 Å². The van der Waals surface area contributed by atoms with Crippen molar-refractivity contribution < 1.29 is 14.8 Å². The van der Waals surface area contributed by atoms with Crippen LogP contribution in [-0.4, -0.2) is 22.0 Å². The number of halogens is 1. The van der Waals surface area contributed by atoms with Crippen molar-refractivity contribution in [1.82, 2.24) is 10.5 Å². The lowest BCUT2D eigenvalue weighted by molar-refractivity contribution is -0.129. The Morgan fingerprint density at radius 3 is 2.86 bits per heavy atom. The average Bonchev–Trinajstić information content (AvgIpc) is 2.48. The van der Waals surface area contributed by atoms with Gasteiger partial charge in [-0.2, -0.15) is 0 Å². The number of anilines is 1. The van der Waals surface area contributed by atoms with Crippen LogP contribution in [0, 0.1) is 0 Å². The maximum Gasteiger partial charge on any atom is 0.251 e. The molecule has 1 rings (SSSR count). The van der Waals surface area contributed by atoms with Gasteiger partial charge in [-0.25, -0.2) is 10.5 Å². The Morgan fingerprint density at radius 1 is 1.43 bits per heavy atom. The normalized spacial score (nSPS) is 11.1. The number of pyridine rings is 1. The molecule has 6 nitrogen and oxygen atoms in total. The number of nitrogens with zero attached hydrogens (tertiary/aromatic N) is 1. The third-order valence-corrected chi connectivity index (χ3v) is 3.10. The van der Waals surface area contributed by atoms with Gasteiger partial charge in [-0.3, -0.25) is 14.8 Å². The van der Waals surface area contributed by atoms with Gasteiger partial charge in [0, 0.05) is 18.2 Å². The Bertz CT molecular complexity index is 532. The highest BCUT2D eigenvalue weighted by Gasteiger charge is 2.07. The lowest BCUT2D eigenvalue weighted by Crippen LogP contribution is -2.17. The van der Waals surface area contributed by atoms with Gasteiger partial charge in [-0.15, -0.1) is 0 Å². The SMILES string of the molecule is C/C(=C\CCCCC(=O)NO)C(=O)Nc1cccnc1Cl. The third kappa shape index (κ3) is 6.37. The monoisotopic (exact) mass is 311 g/mol. The molecule has 0 atom stereocenters. The second kappa shape index (κ2) is 9.10. The van der Waals surface area contributed by atoms with E-state index in [1.165, 1.54) is 0 Å². The molecule has 21 heavy (non-hydrogen) atoms. The van der Waals surface area contributed by atoms with Crippen LogP contribution in [0.2, 0.25) is 5.15 Å². The molecular weight excluding hydrogens is 294 g/mol. The topological polar surface area (TPSA) is 91.3 Å². The summed E-state index contributed by atoms with van der Waals surface area (Å²) >= 11 is 5.86. The second-order valence-electron chi connectivity index (χ2n) is 4.46. The first-order chi connectivity index (χ1) is 10.0. The van der Waals surface area contributed by atoms with Crippen LogP contribution in [0.25, 0.3) is 0 Å². The molecule has 7 heteroatoms. The van der Waals surface area contributed by atoms with E-state index in [0.29, 0.717) is 24.1 Å². The van der Waals surface area contributed by atoms with Crippen LogP contribution in [0.5, 0.6) is 0 Å². The zero-order valence-corrected chi connectivity index (χ0v) is 12.5. The molecule has 1 heterocycles. The fraction of sp³-hybridized carbons (Fsp3) is 0.357. The van der Waals surface area contributed by atoms with Crippen LogP contribution in [0.4, 0.5) is 5.69 Å². The van der Waals surface area contributed by atoms with E-state index in [-0.39, 0.29) is 17.5 Å². The van der Waals surface area contributed by atoms with Crippen LogP contribution in [-0.2, 0) is 9.59 Å². The summed E-state index contributed by atoms with van der Waals surface area (Å²) in [7, 11) is 0. The summed E-state index contributed by atoms with van der Waals surface area (Å²) in [6.07, 6.45) is 5.69. The molecule has 0 aliphatic heterocycles. The highest BCUT2D eigenvalue weighted by Crippen LogP contribution is 2.18. The van der Waals surface area contributed by atoms with Crippen LogP contribution in [0.3, 0.4) is 0 Å². The van der Waals surface area contributed by atoms with E-state index in [9.17, 15) is 9.59 Å². The van der Waals surface area contributed by atoms with Crippen LogP contribution >= 0.6 is 11.6 Å². The van der Waals surface area contributed by atoms with E-state index in [1.807, 2.05) is 0 Å². The number of carbonyl (C=O) groups is 2. The fourth-order valence-electron chi connectivity index (χ4n) is 1.60. The number of unbranched alkanes of at least 4 members (excludes halogenated alkanes) is 2. The number of hydrogen-bond acceptors (Lipinski definition) is 4. The lowest BCUT2D eigenvalue weighted by atomic mass is 10.1. The number of amides is 2. The second-order valence-corrected chi connectivity index (χ2v) is 4.82. The number of allylic oxidation sites excluding steroid dienone is 1. The smallest absolute Gasteiger partial charge is 0.251 e. The Balaban J connectivity index is 2.38. The van der Waals surface area contributed by atoms with E-state index in [4.69, 9.17) is 16.8 Å². The van der Waals surface area contributed by atoms with Crippen molar-refractivity contribution in [2.75, 3.05) is 5.32 Å². The number of aromatic nitrogens is 1. The Kier molecular flexibility index (Phi) is 7.42. The van der Waals surface area contributed by atoms with Gasteiger partial charge in [0.05, 0.1) is 5.69 Å². The van der Waals surface area contributed by atoms with Gasteiger partial charge in [0.2, 0.25) is 5.91 Å². The minimum atomic E-state index is -0.403. The molecule has 0 fully saturated rings. The highest BCUT2D eigenvalue weighted by atomic mass is 35.5. The number of hydroxylamine groups is 1. The predicted octanol–water partition coefficient (Wildman–Crippen LogP) is 2.69. The van der Waals surface area contributed by atoms with Crippen LogP contribution < -0.4 is 10.8 Å². The predicted molar refractivity (Wildman–Crippen MR) is 80.0 cm³/mol. The summed E-state index contributed by atoms with van der Waals surface area (Å²) in [5, 5.41) is 11.3. The molecule has 2 amide bonds. The first kappa shape index (κ1) is 17.1. The minimum Gasteiger partial charge on any atom is -0.320 e. The molecule has 0 saturated carbocycles. The average molecular weight is 312 g/mol. The van der Waals surface area contributed by atoms with Gasteiger partial charge in [0.25, 0.3) is 5.91 Å². The minimum absolute atomic E-state index is 0.238. The quantitative estimate of drug-likeness (QED) is 0.237. The Morgan fingerprint density at radius 2 is 2.19 bits per heavy atom. The van der Waals surface area contributed by atoms with Gasteiger partial charge < -0.3 is 5.32 Å². The van der Waals surface area contributed by atoms with E-state index < -0.39 is 5.91 Å². The summed E-state index contributed by atoms with van der Waals surface area (Å²) < 4.78 is 0. The van der Waals surface area contributed by atoms with E-state index in [0.717, 1.165) is 6.42 Å². The van der Waals surface area contributed by atoms with E-state index >= 15 is 0 Å². The Hall–Kier alpha value is -1.92. The molecule has 0 spiro atoms. The third-order valence-electron chi connectivity index (χ3n) is 2.80. The maximum atomic E-state index is 11.9. The molecule has 0 saturated heterocycles. The van der Waals surface area contributed by atoms with Crippen molar-refractivity contribution in [2.45, 2.75) is 32.6 Å². The summed E-state index contributed by atoms with van der Waals surface area (Å²) in [5.74, 6) is -0.641. The van der Waals surface area contributed by atoms with Crippen LogP contribution in [0.1, 0.15) is 32.6 Å².